The van der Waals surface area contributed by atoms with Gasteiger partial charge in [-0.25, -0.2) is 4.79 Å². The van der Waals surface area contributed by atoms with Gasteiger partial charge in [0.05, 0.1) is 5.56 Å². The first-order valence-corrected chi connectivity index (χ1v) is 5.51. The molecule has 0 aliphatic heterocycles. The molecule has 0 aliphatic carbocycles. The number of benzene rings is 1. The van der Waals surface area contributed by atoms with Crippen molar-refractivity contribution in [3.63, 3.8) is 0 Å². The standard InChI is InChI=1S/C11H8Cl2N2O2/c1-15-10(16)8(9(13)14-11(15)17)6-4-2-3-5-7(6)12/h2-5H,1H3,(H,14,17). The van der Waals surface area contributed by atoms with Gasteiger partial charge in [0.25, 0.3) is 5.56 Å². The minimum atomic E-state index is -0.559. The van der Waals surface area contributed by atoms with E-state index in [-0.39, 0.29) is 10.7 Å². The van der Waals surface area contributed by atoms with Crippen molar-refractivity contribution in [2.24, 2.45) is 7.05 Å². The number of nitrogens with zero attached hydrogens (tertiary/aromatic N) is 1. The van der Waals surface area contributed by atoms with Crippen molar-refractivity contribution < 1.29 is 0 Å². The Labute approximate surface area is 106 Å². The van der Waals surface area contributed by atoms with Crippen LogP contribution in [0.2, 0.25) is 10.2 Å². The molecule has 0 saturated heterocycles. The van der Waals surface area contributed by atoms with E-state index in [9.17, 15) is 9.59 Å². The quantitative estimate of drug-likeness (QED) is 0.807. The molecular formula is C11H8Cl2N2O2. The van der Waals surface area contributed by atoms with Crippen molar-refractivity contribution in [1.29, 1.82) is 0 Å². The van der Waals surface area contributed by atoms with Crippen LogP contribution in [0.5, 0.6) is 0 Å². The summed E-state index contributed by atoms with van der Waals surface area (Å²) in [5, 5.41) is 0.393. The molecule has 0 bridgehead atoms. The van der Waals surface area contributed by atoms with Crippen molar-refractivity contribution in [3.05, 3.63) is 55.3 Å². The van der Waals surface area contributed by atoms with Crippen LogP contribution in [0.15, 0.2) is 33.9 Å². The van der Waals surface area contributed by atoms with E-state index in [1.54, 1.807) is 24.3 Å². The second-order valence-corrected chi connectivity index (χ2v) is 4.25. The first kappa shape index (κ1) is 12.0. The molecule has 0 atom stereocenters. The summed E-state index contributed by atoms with van der Waals surface area (Å²) in [4.78, 5) is 25.7. The van der Waals surface area contributed by atoms with Crippen LogP contribution < -0.4 is 11.2 Å². The molecule has 0 unspecified atom stereocenters. The Kier molecular flexibility index (Phi) is 3.09. The van der Waals surface area contributed by atoms with E-state index in [0.29, 0.717) is 10.6 Å². The molecule has 1 aromatic heterocycles. The zero-order valence-electron chi connectivity index (χ0n) is 8.83. The third-order valence-electron chi connectivity index (χ3n) is 2.40. The maximum Gasteiger partial charge on any atom is 0.329 e. The summed E-state index contributed by atoms with van der Waals surface area (Å²) in [6, 6.07) is 6.80. The van der Waals surface area contributed by atoms with E-state index < -0.39 is 11.2 Å². The number of nitrogens with one attached hydrogen (secondary N) is 1. The average Bonchev–Trinajstić information content (AvgIpc) is 2.29. The van der Waals surface area contributed by atoms with Gasteiger partial charge < -0.3 is 0 Å². The summed E-state index contributed by atoms with van der Waals surface area (Å²) >= 11 is 11.9. The summed E-state index contributed by atoms with van der Waals surface area (Å²) in [6.45, 7) is 0. The van der Waals surface area contributed by atoms with Crippen LogP contribution in [0.25, 0.3) is 11.1 Å². The molecule has 0 fully saturated rings. The Morgan fingerprint density at radius 1 is 1.18 bits per heavy atom. The second kappa shape index (κ2) is 4.39. The van der Waals surface area contributed by atoms with E-state index in [4.69, 9.17) is 23.2 Å². The monoisotopic (exact) mass is 270 g/mol. The fraction of sp³-hybridized carbons (Fsp3) is 0.0909. The Bertz CT molecular complexity index is 689. The zero-order valence-corrected chi connectivity index (χ0v) is 10.3. The first-order chi connectivity index (χ1) is 8.02. The van der Waals surface area contributed by atoms with Crippen molar-refractivity contribution in [2.45, 2.75) is 0 Å². The molecule has 2 aromatic rings. The fourth-order valence-electron chi connectivity index (χ4n) is 1.49. The normalized spacial score (nSPS) is 10.5. The van der Waals surface area contributed by atoms with E-state index in [0.717, 1.165) is 4.57 Å². The highest BCUT2D eigenvalue weighted by molar-refractivity contribution is 6.35. The molecule has 2 rings (SSSR count). The van der Waals surface area contributed by atoms with E-state index in [1.807, 2.05) is 0 Å². The third kappa shape index (κ3) is 2.01. The lowest BCUT2D eigenvalue weighted by Crippen LogP contribution is -2.33. The second-order valence-electron chi connectivity index (χ2n) is 3.46. The zero-order chi connectivity index (χ0) is 12.6. The summed E-state index contributed by atoms with van der Waals surface area (Å²) < 4.78 is 0.949. The highest BCUT2D eigenvalue weighted by atomic mass is 35.5. The lowest BCUT2D eigenvalue weighted by molar-refractivity contribution is 0.779. The lowest BCUT2D eigenvalue weighted by atomic mass is 10.1. The Morgan fingerprint density at radius 2 is 1.82 bits per heavy atom. The van der Waals surface area contributed by atoms with E-state index >= 15 is 0 Å². The molecule has 1 aromatic carbocycles. The van der Waals surface area contributed by atoms with Gasteiger partial charge in [0.15, 0.2) is 0 Å². The van der Waals surface area contributed by atoms with Gasteiger partial charge in [-0.2, -0.15) is 0 Å². The topological polar surface area (TPSA) is 54.9 Å². The molecule has 0 spiro atoms. The average molecular weight is 271 g/mol. The fourth-order valence-corrected chi connectivity index (χ4v) is 1.99. The molecule has 0 aliphatic rings. The molecule has 1 heterocycles. The maximum absolute atomic E-state index is 12.0. The predicted molar refractivity (Wildman–Crippen MR) is 67.8 cm³/mol. The van der Waals surface area contributed by atoms with Crippen LogP contribution in [0.3, 0.4) is 0 Å². The Balaban J connectivity index is 2.87. The lowest BCUT2D eigenvalue weighted by Gasteiger charge is -2.07. The van der Waals surface area contributed by atoms with Gasteiger partial charge >= 0.3 is 5.69 Å². The van der Waals surface area contributed by atoms with Gasteiger partial charge in [-0.3, -0.25) is 14.3 Å². The Morgan fingerprint density at radius 3 is 2.47 bits per heavy atom. The van der Waals surface area contributed by atoms with Crippen LogP contribution >= 0.6 is 23.2 Å². The van der Waals surface area contributed by atoms with Crippen molar-refractivity contribution >= 4 is 23.2 Å². The molecule has 4 nitrogen and oxygen atoms in total. The molecule has 88 valence electrons. The summed E-state index contributed by atoms with van der Waals surface area (Å²) in [7, 11) is 1.37. The molecule has 17 heavy (non-hydrogen) atoms. The van der Waals surface area contributed by atoms with E-state index in [1.165, 1.54) is 7.05 Å². The minimum Gasteiger partial charge on any atom is -0.297 e. The molecule has 0 amide bonds. The highest BCUT2D eigenvalue weighted by Gasteiger charge is 2.14. The smallest absolute Gasteiger partial charge is 0.297 e. The molecule has 1 N–H and O–H groups in total. The summed E-state index contributed by atoms with van der Waals surface area (Å²) in [5.41, 5.74) is -0.349. The van der Waals surface area contributed by atoms with Gasteiger partial charge in [0, 0.05) is 17.6 Å². The van der Waals surface area contributed by atoms with Crippen LogP contribution in [0, 0.1) is 0 Å². The molecule has 0 saturated carbocycles. The molecule has 6 heteroatoms. The van der Waals surface area contributed by atoms with E-state index in [2.05, 4.69) is 4.98 Å². The first-order valence-electron chi connectivity index (χ1n) is 4.76. The SMILES string of the molecule is Cn1c(=O)[nH]c(Cl)c(-c2ccccc2Cl)c1=O. The van der Waals surface area contributed by atoms with Crippen LogP contribution in [-0.4, -0.2) is 9.55 Å². The number of H-pyrrole nitrogens is 1. The molecular weight excluding hydrogens is 263 g/mol. The number of hydrogen-bond donors (Lipinski definition) is 1. The number of rotatable bonds is 1. The van der Waals surface area contributed by atoms with Gasteiger partial charge in [0.2, 0.25) is 0 Å². The number of aromatic nitrogens is 2. The van der Waals surface area contributed by atoms with Crippen LogP contribution in [0.4, 0.5) is 0 Å². The number of hydrogen-bond acceptors (Lipinski definition) is 2. The number of halogens is 2. The van der Waals surface area contributed by atoms with Gasteiger partial charge in [0.1, 0.15) is 5.15 Å². The largest absolute Gasteiger partial charge is 0.329 e. The summed E-state index contributed by atoms with van der Waals surface area (Å²) in [5.74, 6) is 0. The van der Waals surface area contributed by atoms with Gasteiger partial charge in [-0.1, -0.05) is 41.4 Å². The van der Waals surface area contributed by atoms with Crippen molar-refractivity contribution in [2.75, 3.05) is 0 Å². The van der Waals surface area contributed by atoms with Crippen molar-refractivity contribution in [3.8, 4) is 11.1 Å². The summed E-state index contributed by atoms with van der Waals surface area (Å²) in [6.07, 6.45) is 0. The van der Waals surface area contributed by atoms with Crippen LogP contribution in [0.1, 0.15) is 0 Å². The molecule has 0 radical (unpaired) electrons. The maximum atomic E-state index is 12.0. The van der Waals surface area contributed by atoms with Gasteiger partial charge in [-0.15, -0.1) is 0 Å². The predicted octanol–water partition coefficient (Wildman–Crippen LogP) is 2.05. The third-order valence-corrected chi connectivity index (χ3v) is 3.02. The number of aromatic amines is 1. The van der Waals surface area contributed by atoms with Crippen LogP contribution in [-0.2, 0) is 7.05 Å². The van der Waals surface area contributed by atoms with Crippen molar-refractivity contribution in [1.82, 2.24) is 9.55 Å². The minimum absolute atomic E-state index is 0.00815. The highest BCUT2D eigenvalue weighted by Crippen LogP contribution is 2.28. The van der Waals surface area contributed by atoms with Gasteiger partial charge in [-0.05, 0) is 6.07 Å². The Hall–Kier alpha value is -1.52.